The number of hydrogen-bond acceptors (Lipinski definition) is 0. The van der Waals surface area contributed by atoms with Crippen LogP contribution < -0.4 is 0 Å². The van der Waals surface area contributed by atoms with Gasteiger partial charge in [-0.25, -0.2) is 0 Å². The minimum Gasteiger partial charge on any atom is -0.0885 e. The molecular formula is C10H18. The van der Waals surface area contributed by atoms with Crippen LogP contribution in [0, 0.1) is 0 Å². The van der Waals surface area contributed by atoms with Crippen LogP contribution in [-0.2, 0) is 0 Å². The zero-order chi connectivity index (χ0) is 7.07. The molecule has 0 aromatic carbocycles. The Labute approximate surface area is 64.3 Å². The lowest BCUT2D eigenvalue weighted by Gasteiger charge is -1.69. The molecule has 0 aromatic heterocycles. The third-order valence-corrected chi connectivity index (χ3v) is 2.16. The Bertz CT molecular complexity index is 74.6. The van der Waals surface area contributed by atoms with Crippen molar-refractivity contribution in [2.75, 3.05) is 0 Å². The Hall–Kier alpha value is -0.260. The topological polar surface area (TPSA) is 0 Å². The molecule has 0 amide bonds. The summed E-state index contributed by atoms with van der Waals surface area (Å²) in [4.78, 5) is 0. The monoisotopic (exact) mass is 138 g/mol. The molecule has 1 saturated carbocycles. The van der Waals surface area contributed by atoms with E-state index in [0.29, 0.717) is 0 Å². The summed E-state index contributed by atoms with van der Waals surface area (Å²) < 4.78 is 0. The van der Waals surface area contributed by atoms with Gasteiger partial charge in [0.1, 0.15) is 0 Å². The minimum absolute atomic E-state index is 1.32. The van der Waals surface area contributed by atoms with Crippen molar-refractivity contribution in [1.82, 2.24) is 0 Å². The fourth-order valence-electron chi connectivity index (χ4n) is 1.47. The molecule has 0 N–H and O–H groups in total. The van der Waals surface area contributed by atoms with Gasteiger partial charge in [0.05, 0.1) is 0 Å². The van der Waals surface area contributed by atoms with E-state index in [1.165, 1.54) is 51.4 Å². The van der Waals surface area contributed by atoms with E-state index in [-0.39, 0.29) is 0 Å². The average Bonchev–Trinajstić information content (AvgIpc) is 2.67. The summed E-state index contributed by atoms with van der Waals surface area (Å²) in [7, 11) is 0. The first-order chi connectivity index (χ1) is 5.00. The summed E-state index contributed by atoms with van der Waals surface area (Å²) in [5, 5.41) is 0. The van der Waals surface area contributed by atoms with E-state index >= 15 is 0 Å². The van der Waals surface area contributed by atoms with E-state index in [9.17, 15) is 0 Å². The molecular weight excluding hydrogens is 120 g/mol. The van der Waals surface area contributed by atoms with Gasteiger partial charge in [-0.2, -0.15) is 0 Å². The van der Waals surface area contributed by atoms with Crippen molar-refractivity contribution in [1.29, 1.82) is 0 Å². The van der Waals surface area contributed by atoms with E-state index in [1.807, 2.05) is 0 Å². The van der Waals surface area contributed by atoms with Crippen molar-refractivity contribution in [3.8, 4) is 0 Å². The Morgan fingerprint density at radius 1 is 0.500 bits per heavy atom. The molecule has 1 fully saturated rings. The molecule has 0 radical (unpaired) electrons. The molecule has 0 unspecified atom stereocenters. The van der Waals surface area contributed by atoms with Gasteiger partial charge in [-0.05, 0) is 19.3 Å². The normalized spacial score (nSPS) is 22.4. The van der Waals surface area contributed by atoms with Crippen molar-refractivity contribution >= 4 is 0 Å². The van der Waals surface area contributed by atoms with Crippen LogP contribution >= 0.6 is 0 Å². The molecule has 0 bridgehead atoms. The van der Waals surface area contributed by atoms with Gasteiger partial charge < -0.3 is 0 Å². The van der Waals surface area contributed by atoms with Crippen LogP contribution in [0.15, 0.2) is 12.2 Å². The maximum Gasteiger partial charge on any atom is -0.0348 e. The third kappa shape index (κ3) is 3.71. The van der Waals surface area contributed by atoms with Crippen molar-refractivity contribution in [3.63, 3.8) is 0 Å². The Morgan fingerprint density at radius 3 is 1.10 bits per heavy atom. The van der Waals surface area contributed by atoms with Gasteiger partial charge in [0.15, 0.2) is 0 Å². The lowest BCUT2D eigenvalue weighted by atomic mass is 10.4. The van der Waals surface area contributed by atoms with Crippen molar-refractivity contribution in [2.24, 2.45) is 0 Å². The van der Waals surface area contributed by atoms with Crippen molar-refractivity contribution in [2.45, 2.75) is 51.4 Å². The molecule has 0 nitrogen and oxygen atoms in total. The van der Waals surface area contributed by atoms with Gasteiger partial charge in [0.25, 0.3) is 0 Å². The SMILES string of the molecule is C1=CCCC1.C1CCCC1. The maximum absolute atomic E-state index is 2.24. The Kier molecular flexibility index (Phi) is 4.33. The van der Waals surface area contributed by atoms with Crippen LogP contribution in [0.2, 0.25) is 0 Å². The summed E-state index contributed by atoms with van der Waals surface area (Å²) in [6.45, 7) is 0. The quantitative estimate of drug-likeness (QED) is 0.448. The highest BCUT2D eigenvalue weighted by atomic mass is 14.0. The van der Waals surface area contributed by atoms with Gasteiger partial charge >= 0.3 is 0 Å². The molecule has 0 heteroatoms. The zero-order valence-electron chi connectivity index (χ0n) is 6.81. The smallest absolute Gasteiger partial charge is 0.0348 e. The van der Waals surface area contributed by atoms with Crippen LogP contribution in [0.4, 0.5) is 0 Å². The van der Waals surface area contributed by atoms with E-state index in [2.05, 4.69) is 12.2 Å². The van der Waals surface area contributed by atoms with Crippen LogP contribution in [0.1, 0.15) is 51.4 Å². The minimum atomic E-state index is 1.32. The zero-order valence-corrected chi connectivity index (χ0v) is 6.81. The van der Waals surface area contributed by atoms with Crippen molar-refractivity contribution < 1.29 is 0 Å². The molecule has 0 aromatic rings. The molecule has 2 aliphatic carbocycles. The molecule has 0 spiro atoms. The van der Waals surface area contributed by atoms with Gasteiger partial charge in [0.2, 0.25) is 0 Å². The number of rotatable bonds is 0. The van der Waals surface area contributed by atoms with Gasteiger partial charge in [0, 0.05) is 0 Å². The summed E-state index contributed by atoms with van der Waals surface area (Å²) >= 11 is 0. The molecule has 58 valence electrons. The summed E-state index contributed by atoms with van der Waals surface area (Å²) in [6.07, 6.45) is 16.0. The molecule has 0 atom stereocenters. The maximum atomic E-state index is 2.24. The van der Waals surface area contributed by atoms with Crippen molar-refractivity contribution in [3.05, 3.63) is 12.2 Å². The molecule has 2 aliphatic rings. The van der Waals surface area contributed by atoms with Crippen LogP contribution in [0.3, 0.4) is 0 Å². The molecule has 10 heavy (non-hydrogen) atoms. The predicted octanol–water partition coefficient (Wildman–Crippen LogP) is 3.68. The second-order valence-corrected chi connectivity index (χ2v) is 3.17. The van der Waals surface area contributed by atoms with E-state index in [1.54, 1.807) is 0 Å². The second-order valence-electron chi connectivity index (χ2n) is 3.17. The third-order valence-electron chi connectivity index (χ3n) is 2.16. The second kappa shape index (κ2) is 5.52. The standard InChI is InChI=1S/C5H10.C5H8/c2*1-2-4-5-3-1/h1-5H2;1-2H,3-5H2. The predicted molar refractivity (Wildman–Crippen MR) is 46.1 cm³/mol. The summed E-state index contributed by atoms with van der Waals surface area (Å²) in [5.74, 6) is 0. The first-order valence-corrected chi connectivity index (χ1v) is 4.65. The van der Waals surface area contributed by atoms with E-state index < -0.39 is 0 Å². The number of hydrogen-bond donors (Lipinski definition) is 0. The van der Waals surface area contributed by atoms with Gasteiger partial charge in [-0.3, -0.25) is 0 Å². The average molecular weight is 138 g/mol. The van der Waals surface area contributed by atoms with Crippen LogP contribution in [0.25, 0.3) is 0 Å². The lowest BCUT2D eigenvalue weighted by Crippen LogP contribution is -1.50. The van der Waals surface area contributed by atoms with Gasteiger partial charge in [-0.1, -0.05) is 44.3 Å². The first-order valence-electron chi connectivity index (χ1n) is 4.65. The fourth-order valence-corrected chi connectivity index (χ4v) is 1.47. The highest BCUT2D eigenvalue weighted by Gasteiger charge is 1.95. The Balaban J connectivity index is 0.0000001000. The Morgan fingerprint density at radius 2 is 0.900 bits per heavy atom. The fraction of sp³-hybridized carbons (Fsp3) is 0.800. The van der Waals surface area contributed by atoms with Gasteiger partial charge in [-0.15, -0.1) is 0 Å². The largest absolute Gasteiger partial charge is 0.0885 e. The molecule has 2 rings (SSSR count). The highest BCUT2D eigenvalue weighted by Crippen LogP contribution is 2.15. The molecule has 0 saturated heterocycles. The number of allylic oxidation sites excluding steroid dienone is 2. The lowest BCUT2D eigenvalue weighted by molar-refractivity contribution is 0.886. The molecule has 0 heterocycles. The summed E-state index contributed by atoms with van der Waals surface area (Å²) in [5.41, 5.74) is 0. The molecule has 0 aliphatic heterocycles. The highest BCUT2D eigenvalue weighted by molar-refractivity contribution is 4.88. The van der Waals surface area contributed by atoms with E-state index in [0.717, 1.165) is 0 Å². The van der Waals surface area contributed by atoms with Crippen LogP contribution in [0.5, 0.6) is 0 Å². The van der Waals surface area contributed by atoms with Crippen LogP contribution in [-0.4, -0.2) is 0 Å². The summed E-state index contributed by atoms with van der Waals surface area (Å²) in [6, 6.07) is 0. The van der Waals surface area contributed by atoms with E-state index in [4.69, 9.17) is 0 Å². The first kappa shape index (κ1) is 7.84.